The van der Waals surface area contributed by atoms with E-state index in [4.69, 9.17) is 0 Å². The maximum atomic E-state index is 12.3. The molecular formula is C16H20N4O2. The quantitative estimate of drug-likeness (QED) is 0.908. The van der Waals surface area contributed by atoms with Crippen LogP contribution < -0.4 is 5.32 Å². The minimum atomic E-state index is -0.341. The first-order chi connectivity index (χ1) is 10.7. The average molecular weight is 300 g/mol. The van der Waals surface area contributed by atoms with Gasteiger partial charge in [0.15, 0.2) is 11.4 Å². The molecule has 6 nitrogen and oxygen atoms in total. The summed E-state index contributed by atoms with van der Waals surface area (Å²) in [5.41, 5.74) is 1.04. The maximum absolute atomic E-state index is 12.3. The number of carbonyl (C=O) groups excluding carboxylic acids is 1. The molecule has 2 N–H and O–H groups in total. The third-order valence-corrected chi connectivity index (χ3v) is 4.32. The van der Waals surface area contributed by atoms with E-state index in [1.807, 2.05) is 0 Å². The molecule has 3 rings (SSSR count). The number of aromatic hydroxyl groups is 1. The Labute approximate surface area is 129 Å². The lowest BCUT2D eigenvalue weighted by Crippen LogP contribution is -2.31. The number of rotatable bonds is 3. The van der Waals surface area contributed by atoms with Gasteiger partial charge in [-0.2, -0.15) is 0 Å². The molecule has 2 aromatic heterocycles. The Morgan fingerprint density at radius 1 is 1.36 bits per heavy atom. The van der Waals surface area contributed by atoms with Crippen LogP contribution in [0.2, 0.25) is 0 Å². The lowest BCUT2D eigenvalue weighted by molar-refractivity contribution is 0.0935. The van der Waals surface area contributed by atoms with Crippen molar-refractivity contribution in [2.45, 2.75) is 39.0 Å². The van der Waals surface area contributed by atoms with Crippen LogP contribution in [0.5, 0.6) is 5.75 Å². The van der Waals surface area contributed by atoms with Gasteiger partial charge in [-0.3, -0.25) is 4.79 Å². The summed E-state index contributed by atoms with van der Waals surface area (Å²) in [7, 11) is 0. The van der Waals surface area contributed by atoms with E-state index >= 15 is 0 Å². The van der Waals surface area contributed by atoms with Crippen molar-refractivity contribution >= 4 is 16.8 Å². The number of fused-ring (bicyclic) bond motifs is 1. The number of aromatic nitrogens is 3. The fourth-order valence-corrected chi connectivity index (χ4v) is 3.05. The number of carbonyl (C=O) groups is 1. The zero-order valence-electron chi connectivity index (χ0n) is 12.7. The van der Waals surface area contributed by atoms with Gasteiger partial charge in [-0.15, -0.1) is 0 Å². The summed E-state index contributed by atoms with van der Waals surface area (Å²) in [5, 5.41) is 13.8. The van der Waals surface area contributed by atoms with Crippen molar-refractivity contribution in [2.75, 3.05) is 6.54 Å². The summed E-state index contributed by atoms with van der Waals surface area (Å²) in [4.78, 5) is 24.5. The summed E-state index contributed by atoms with van der Waals surface area (Å²) in [6, 6.07) is 0. The first-order valence-corrected chi connectivity index (χ1v) is 7.74. The van der Waals surface area contributed by atoms with Gasteiger partial charge < -0.3 is 10.4 Å². The topological polar surface area (TPSA) is 88.0 Å². The predicted molar refractivity (Wildman–Crippen MR) is 82.6 cm³/mol. The molecule has 0 unspecified atom stereocenters. The monoisotopic (exact) mass is 300 g/mol. The van der Waals surface area contributed by atoms with Crippen LogP contribution in [-0.2, 0) is 0 Å². The number of pyridine rings is 1. The predicted octanol–water partition coefficient (Wildman–Crippen LogP) is 2.35. The molecular weight excluding hydrogens is 280 g/mol. The number of aryl methyl sites for hydroxylation is 1. The van der Waals surface area contributed by atoms with Crippen molar-refractivity contribution < 1.29 is 9.90 Å². The van der Waals surface area contributed by atoms with Gasteiger partial charge in [-0.05, 0) is 25.7 Å². The van der Waals surface area contributed by atoms with Crippen LogP contribution >= 0.6 is 0 Å². The first-order valence-electron chi connectivity index (χ1n) is 7.74. The van der Waals surface area contributed by atoms with Crippen molar-refractivity contribution in [1.82, 2.24) is 20.3 Å². The first kappa shape index (κ1) is 14.7. The van der Waals surface area contributed by atoms with Crippen LogP contribution in [0, 0.1) is 12.8 Å². The lowest BCUT2D eigenvalue weighted by Gasteiger charge is -2.21. The van der Waals surface area contributed by atoms with E-state index in [0.29, 0.717) is 29.1 Å². The Hall–Kier alpha value is -2.24. The van der Waals surface area contributed by atoms with E-state index in [-0.39, 0.29) is 17.4 Å². The SMILES string of the molecule is Cc1nc(C(=O)NCC2CCCCC2)c(O)c2ncncc12. The molecule has 116 valence electrons. The van der Waals surface area contributed by atoms with E-state index in [1.54, 1.807) is 13.1 Å². The zero-order chi connectivity index (χ0) is 15.5. The van der Waals surface area contributed by atoms with Crippen LogP contribution in [-0.4, -0.2) is 32.5 Å². The number of nitrogens with one attached hydrogen (secondary N) is 1. The third-order valence-electron chi connectivity index (χ3n) is 4.32. The van der Waals surface area contributed by atoms with Gasteiger partial charge in [0.1, 0.15) is 11.8 Å². The average Bonchev–Trinajstić information content (AvgIpc) is 2.57. The highest BCUT2D eigenvalue weighted by Crippen LogP contribution is 2.27. The summed E-state index contributed by atoms with van der Waals surface area (Å²) >= 11 is 0. The zero-order valence-corrected chi connectivity index (χ0v) is 12.7. The van der Waals surface area contributed by atoms with Gasteiger partial charge in [0.25, 0.3) is 5.91 Å². The molecule has 0 aromatic carbocycles. The summed E-state index contributed by atoms with van der Waals surface area (Å²) in [6.45, 7) is 2.42. The Balaban J connectivity index is 1.80. The normalized spacial score (nSPS) is 15.9. The van der Waals surface area contributed by atoms with Gasteiger partial charge >= 0.3 is 0 Å². The van der Waals surface area contributed by atoms with Gasteiger partial charge in [0.2, 0.25) is 0 Å². The van der Waals surface area contributed by atoms with Gasteiger partial charge in [0.05, 0.1) is 0 Å². The van der Waals surface area contributed by atoms with Crippen LogP contribution in [0.15, 0.2) is 12.5 Å². The van der Waals surface area contributed by atoms with Crippen LogP contribution in [0.1, 0.15) is 48.3 Å². The molecule has 2 heterocycles. The molecule has 1 aliphatic rings. The van der Waals surface area contributed by atoms with Crippen molar-refractivity contribution in [2.24, 2.45) is 5.92 Å². The molecule has 0 spiro atoms. The van der Waals surface area contributed by atoms with Crippen molar-refractivity contribution in [1.29, 1.82) is 0 Å². The van der Waals surface area contributed by atoms with Gasteiger partial charge in [-0.1, -0.05) is 19.3 Å². The van der Waals surface area contributed by atoms with Crippen molar-refractivity contribution in [3.63, 3.8) is 0 Å². The molecule has 1 amide bonds. The molecule has 1 saturated carbocycles. The highest BCUT2D eigenvalue weighted by Gasteiger charge is 2.20. The summed E-state index contributed by atoms with van der Waals surface area (Å²) < 4.78 is 0. The molecule has 1 aliphatic carbocycles. The van der Waals surface area contributed by atoms with E-state index in [2.05, 4.69) is 20.3 Å². The second-order valence-electron chi connectivity index (χ2n) is 5.89. The van der Waals surface area contributed by atoms with E-state index in [1.165, 1.54) is 25.6 Å². The highest BCUT2D eigenvalue weighted by molar-refractivity contribution is 6.00. The number of hydrogen-bond donors (Lipinski definition) is 2. The Morgan fingerprint density at radius 2 is 2.14 bits per heavy atom. The van der Waals surface area contributed by atoms with Crippen LogP contribution in [0.4, 0.5) is 0 Å². The van der Waals surface area contributed by atoms with E-state index < -0.39 is 0 Å². The van der Waals surface area contributed by atoms with Gasteiger partial charge in [-0.25, -0.2) is 15.0 Å². The second-order valence-corrected chi connectivity index (χ2v) is 5.89. The number of nitrogens with zero attached hydrogens (tertiary/aromatic N) is 3. The molecule has 0 aliphatic heterocycles. The van der Waals surface area contributed by atoms with Gasteiger partial charge in [0, 0.05) is 23.8 Å². The Bertz CT molecular complexity index is 696. The minimum absolute atomic E-state index is 0.0412. The maximum Gasteiger partial charge on any atom is 0.273 e. The smallest absolute Gasteiger partial charge is 0.273 e. The summed E-state index contributed by atoms with van der Waals surface area (Å²) in [6.07, 6.45) is 9.01. The molecule has 0 bridgehead atoms. The second kappa shape index (κ2) is 6.25. The third kappa shape index (κ3) is 2.86. The Morgan fingerprint density at radius 3 is 2.91 bits per heavy atom. The van der Waals surface area contributed by atoms with Crippen LogP contribution in [0.3, 0.4) is 0 Å². The molecule has 1 fully saturated rings. The molecule has 0 saturated heterocycles. The highest BCUT2D eigenvalue weighted by atomic mass is 16.3. The lowest BCUT2D eigenvalue weighted by atomic mass is 9.89. The molecule has 0 radical (unpaired) electrons. The molecule has 0 atom stereocenters. The van der Waals surface area contributed by atoms with Crippen LogP contribution in [0.25, 0.3) is 10.9 Å². The molecule has 2 aromatic rings. The fraction of sp³-hybridized carbons (Fsp3) is 0.500. The largest absolute Gasteiger partial charge is 0.504 e. The minimum Gasteiger partial charge on any atom is -0.504 e. The molecule has 6 heteroatoms. The van der Waals surface area contributed by atoms with E-state index in [0.717, 1.165) is 12.8 Å². The van der Waals surface area contributed by atoms with E-state index in [9.17, 15) is 9.90 Å². The summed E-state index contributed by atoms with van der Waals surface area (Å²) in [5.74, 6) is 0.0135. The fourth-order valence-electron chi connectivity index (χ4n) is 3.05. The van der Waals surface area contributed by atoms with Crippen molar-refractivity contribution in [3.05, 3.63) is 23.9 Å². The Kier molecular flexibility index (Phi) is 4.18. The standard InChI is InChI=1S/C16H20N4O2/c1-10-12-8-17-9-19-13(12)15(21)14(20-10)16(22)18-7-11-5-3-2-4-6-11/h8-9,11,21H,2-7H2,1H3,(H,18,22). The number of amides is 1. The number of hydrogen-bond acceptors (Lipinski definition) is 5. The van der Waals surface area contributed by atoms with Crippen molar-refractivity contribution in [3.8, 4) is 5.75 Å². The molecule has 22 heavy (non-hydrogen) atoms.